The number of anilines is 1. The molecule has 32 heavy (non-hydrogen) atoms. The lowest BCUT2D eigenvalue weighted by Gasteiger charge is -2.23. The van der Waals surface area contributed by atoms with Gasteiger partial charge in [0.2, 0.25) is 0 Å². The van der Waals surface area contributed by atoms with E-state index in [1.807, 2.05) is 37.3 Å². The second-order valence-electron chi connectivity index (χ2n) is 6.75. The van der Waals surface area contributed by atoms with Crippen LogP contribution in [0.1, 0.15) is 20.2 Å². The Morgan fingerprint density at radius 1 is 1.09 bits per heavy atom. The first-order valence-electron chi connectivity index (χ1n) is 9.69. The number of rotatable bonds is 7. The molecule has 0 aliphatic carbocycles. The molecule has 0 atom stereocenters. The summed E-state index contributed by atoms with van der Waals surface area (Å²) in [5.74, 6) is 0.147. The molecule has 2 aromatic heterocycles. The number of aryl methyl sites for hydroxylation is 1. The number of methoxy groups -OCH3 is 1. The normalized spacial score (nSPS) is 10.7. The van der Waals surface area contributed by atoms with Crippen LogP contribution in [-0.2, 0) is 16.1 Å². The number of nitrogens with zero attached hydrogens (tertiary/aromatic N) is 2. The summed E-state index contributed by atoms with van der Waals surface area (Å²) in [6, 6.07) is 16.7. The van der Waals surface area contributed by atoms with Gasteiger partial charge in [-0.1, -0.05) is 18.2 Å². The van der Waals surface area contributed by atoms with Crippen molar-refractivity contribution in [2.75, 3.05) is 18.7 Å². The smallest absolute Gasteiger partial charge is 0.416 e. The number of hydrogen-bond donors (Lipinski definition) is 0. The highest BCUT2D eigenvalue weighted by Gasteiger charge is 2.21. The number of amides is 1. The fourth-order valence-electron chi connectivity index (χ4n) is 3.07. The van der Waals surface area contributed by atoms with Crippen molar-refractivity contribution >= 4 is 50.6 Å². The van der Waals surface area contributed by atoms with Crippen molar-refractivity contribution in [3.8, 4) is 5.75 Å². The Morgan fingerprint density at radius 3 is 2.66 bits per heavy atom. The third-order valence-corrected chi connectivity index (χ3v) is 6.46. The average Bonchev–Trinajstić information content (AvgIpc) is 3.48. The monoisotopic (exact) mass is 468 g/mol. The van der Waals surface area contributed by atoms with Crippen LogP contribution in [0, 0.1) is 6.92 Å². The summed E-state index contributed by atoms with van der Waals surface area (Å²) in [5.41, 5.74) is 2.28. The van der Waals surface area contributed by atoms with Gasteiger partial charge in [0.05, 0.1) is 23.0 Å². The molecule has 0 aliphatic heterocycles. The second kappa shape index (κ2) is 9.80. The minimum Gasteiger partial charge on any atom is -0.486 e. The molecule has 2 aromatic carbocycles. The standard InChI is InChI=1S/C23H20N2O5S2/c1-15-12-16(29-13-21-24-17-6-3-4-7-19(17)32-21)9-10-18(15)25(23(27)28-2)14-30-22(26)20-8-5-11-31-20/h3-12H,13-14H2,1-2H3. The summed E-state index contributed by atoms with van der Waals surface area (Å²) in [7, 11) is 1.28. The lowest BCUT2D eigenvalue weighted by molar-refractivity contribution is 0.0508. The molecule has 0 aliphatic rings. The van der Waals surface area contributed by atoms with E-state index in [2.05, 4.69) is 4.98 Å². The third-order valence-electron chi connectivity index (χ3n) is 4.60. The van der Waals surface area contributed by atoms with Gasteiger partial charge in [-0.3, -0.25) is 0 Å². The van der Waals surface area contributed by atoms with Gasteiger partial charge < -0.3 is 14.2 Å². The predicted octanol–water partition coefficient (Wildman–Crippen LogP) is 5.63. The van der Waals surface area contributed by atoms with Crippen LogP contribution < -0.4 is 9.64 Å². The zero-order valence-electron chi connectivity index (χ0n) is 17.4. The Kier molecular flexibility index (Phi) is 6.67. The first-order chi connectivity index (χ1) is 15.5. The zero-order chi connectivity index (χ0) is 22.5. The number of aromatic nitrogens is 1. The summed E-state index contributed by atoms with van der Waals surface area (Å²) in [6.07, 6.45) is -0.629. The van der Waals surface area contributed by atoms with Gasteiger partial charge in [-0.05, 0) is 54.3 Å². The number of esters is 1. The maximum atomic E-state index is 12.3. The Balaban J connectivity index is 1.45. The summed E-state index contributed by atoms with van der Waals surface area (Å²) in [6.45, 7) is 1.92. The summed E-state index contributed by atoms with van der Waals surface area (Å²) >= 11 is 2.86. The molecule has 4 rings (SSSR count). The van der Waals surface area contributed by atoms with Crippen LogP contribution in [0.25, 0.3) is 10.2 Å². The lowest BCUT2D eigenvalue weighted by Crippen LogP contribution is -2.34. The van der Waals surface area contributed by atoms with Crippen LogP contribution in [0.3, 0.4) is 0 Å². The molecule has 0 bridgehead atoms. The summed E-state index contributed by atoms with van der Waals surface area (Å²) in [5, 5.41) is 2.66. The van der Waals surface area contributed by atoms with Gasteiger partial charge in [-0.15, -0.1) is 22.7 Å². The van der Waals surface area contributed by atoms with Crippen molar-refractivity contribution in [2.24, 2.45) is 0 Å². The Labute approximate surface area is 192 Å². The fraction of sp³-hybridized carbons (Fsp3) is 0.174. The van der Waals surface area contributed by atoms with Gasteiger partial charge in [-0.25, -0.2) is 19.5 Å². The summed E-state index contributed by atoms with van der Waals surface area (Å²) < 4.78 is 17.2. The van der Waals surface area contributed by atoms with Gasteiger partial charge in [0.25, 0.3) is 0 Å². The molecule has 0 spiro atoms. The molecule has 7 nitrogen and oxygen atoms in total. The number of ether oxygens (including phenoxy) is 3. The van der Waals surface area contributed by atoms with E-state index in [1.54, 1.807) is 41.0 Å². The molecule has 0 unspecified atom stereocenters. The van der Waals surface area contributed by atoms with Crippen LogP contribution in [0.15, 0.2) is 60.0 Å². The van der Waals surface area contributed by atoms with Gasteiger partial charge in [0.15, 0.2) is 6.73 Å². The molecule has 164 valence electrons. The van der Waals surface area contributed by atoms with Crippen LogP contribution in [0.2, 0.25) is 0 Å². The van der Waals surface area contributed by atoms with E-state index in [9.17, 15) is 9.59 Å². The van der Waals surface area contributed by atoms with Crippen molar-refractivity contribution in [3.63, 3.8) is 0 Å². The maximum absolute atomic E-state index is 12.3. The van der Waals surface area contributed by atoms with Crippen molar-refractivity contribution in [3.05, 3.63) is 75.4 Å². The first-order valence-corrected chi connectivity index (χ1v) is 11.4. The number of carbonyl (C=O) groups excluding carboxylic acids is 2. The zero-order valence-corrected chi connectivity index (χ0v) is 19.1. The van der Waals surface area contributed by atoms with Crippen LogP contribution in [0.5, 0.6) is 5.75 Å². The average molecular weight is 469 g/mol. The number of fused-ring (bicyclic) bond motifs is 1. The Bertz CT molecular complexity index is 1200. The van der Waals surface area contributed by atoms with Crippen molar-refractivity contribution in [1.29, 1.82) is 0 Å². The number of carbonyl (C=O) groups is 2. The van der Waals surface area contributed by atoms with E-state index in [4.69, 9.17) is 14.2 Å². The maximum Gasteiger partial charge on any atom is 0.416 e. The quantitative estimate of drug-likeness (QED) is 0.258. The Hall–Kier alpha value is -3.43. The molecule has 2 heterocycles. The number of para-hydroxylation sites is 1. The molecule has 0 saturated carbocycles. The van der Waals surface area contributed by atoms with Crippen molar-refractivity contribution < 1.29 is 23.8 Å². The first kappa shape index (κ1) is 21.8. The van der Waals surface area contributed by atoms with Gasteiger partial charge in [-0.2, -0.15) is 0 Å². The highest BCUT2D eigenvalue weighted by Crippen LogP contribution is 2.28. The SMILES string of the molecule is COC(=O)N(COC(=O)c1cccs1)c1ccc(OCc2nc3ccccc3s2)cc1C. The number of thiazole rings is 1. The van der Waals surface area contributed by atoms with Gasteiger partial charge in [0.1, 0.15) is 22.2 Å². The molecular weight excluding hydrogens is 448 g/mol. The van der Waals surface area contributed by atoms with E-state index in [0.717, 1.165) is 20.8 Å². The minimum absolute atomic E-state index is 0.268. The third kappa shape index (κ3) is 4.90. The minimum atomic E-state index is -0.629. The molecule has 0 saturated heterocycles. The number of thiophene rings is 1. The Morgan fingerprint density at radius 2 is 1.94 bits per heavy atom. The van der Waals surface area contributed by atoms with E-state index >= 15 is 0 Å². The molecule has 0 radical (unpaired) electrons. The fourth-order valence-corrected chi connectivity index (χ4v) is 4.56. The van der Waals surface area contributed by atoms with Crippen molar-refractivity contribution in [2.45, 2.75) is 13.5 Å². The molecule has 0 fully saturated rings. The summed E-state index contributed by atoms with van der Waals surface area (Å²) in [4.78, 5) is 30.8. The van der Waals surface area contributed by atoms with Crippen LogP contribution in [0.4, 0.5) is 10.5 Å². The lowest BCUT2D eigenvalue weighted by atomic mass is 10.2. The molecule has 9 heteroatoms. The van der Waals surface area contributed by atoms with Crippen LogP contribution in [-0.4, -0.2) is 30.9 Å². The van der Waals surface area contributed by atoms with Gasteiger partial charge in [0, 0.05) is 0 Å². The molecule has 4 aromatic rings. The molecular formula is C23H20N2O5S2. The van der Waals surface area contributed by atoms with Crippen LogP contribution >= 0.6 is 22.7 Å². The topological polar surface area (TPSA) is 78.0 Å². The highest BCUT2D eigenvalue weighted by atomic mass is 32.1. The van der Waals surface area contributed by atoms with E-state index in [0.29, 0.717) is 22.9 Å². The number of hydrogen-bond acceptors (Lipinski definition) is 8. The molecule has 0 N–H and O–H groups in total. The second-order valence-corrected chi connectivity index (χ2v) is 8.81. The number of benzene rings is 2. The largest absolute Gasteiger partial charge is 0.486 e. The van der Waals surface area contributed by atoms with E-state index in [-0.39, 0.29) is 6.73 Å². The van der Waals surface area contributed by atoms with Gasteiger partial charge >= 0.3 is 12.1 Å². The van der Waals surface area contributed by atoms with E-state index < -0.39 is 12.1 Å². The molecule has 1 amide bonds. The van der Waals surface area contributed by atoms with Crippen molar-refractivity contribution in [1.82, 2.24) is 4.98 Å². The van der Waals surface area contributed by atoms with E-state index in [1.165, 1.54) is 23.3 Å². The predicted molar refractivity (Wildman–Crippen MR) is 125 cm³/mol. The highest BCUT2D eigenvalue weighted by molar-refractivity contribution is 7.18.